The lowest BCUT2D eigenvalue weighted by atomic mass is 10.0. The van der Waals surface area contributed by atoms with Crippen LogP contribution in [-0.4, -0.2) is 13.1 Å². The molecule has 0 saturated carbocycles. The van der Waals surface area contributed by atoms with Gasteiger partial charge in [-0.25, -0.2) is 0 Å². The van der Waals surface area contributed by atoms with Gasteiger partial charge in [0.25, 0.3) is 0 Å². The van der Waals surface area contributed by atoms with Crippen LogP contribution in [0.3, 0.4) is 0 Å². The molecular weight excluding hydrogens is 182 g/mol. The Bertz CT molecular complexity index is 239. The lowest BCUT2D eigenvalue weighted by Gasteiger charge is -2.12. The maximum Gasteiger partial charge on any atom is -0.000824 e. The van der Waals surface area contributed by atoms with Crippen LogP contribution in [0.15, 0.2) is 30.3 Å². The van der Waals surface area contributed by atoms with Gasteiger partial charge in [0, 0.05) is 0 Å². The summed E-state index contributed by atoms with van der Waals surface area (Å²) in [4.78, 5) is 0. The second-order valence-corrected chi connectivity index (χ2v) is 4.12. The molecule has 1 aromatic rings. The van der Waals surface area contributed by atoms with Crippen LogP contribution < -0.4 is 5.32 Å². The summed E-state index contributed by atoms with van der Waals surface area (Å²) in [5.41, 5.74) is 1.43. The fraction of sp³-hybridized carbons (Fsp3) is 0.571. The molecule has 0 aromatic heterocycles. The molecule has 0 atom stereocenters. The average molecular weight is 205 g/mol. The Labute approximate surface area is 93.9 Å². The summed E-state index contributed by atoms with van der Waals surface area (Å²) in [6, 6.07) is 10.7. The van der Waals surface area contributed by atoms with E-state index in [0.717, 1.165) is 18.9 Å². The Morgan fingerprint density at radius 2 is 1.73 bits per heavy atom. The monoisotopic (exact) mass is 205 g/mol. The highest BCUT2D eigenvalue weighted by Crippen LogP contribution is 2.05. The molecule has 0 bridgehead atoms. The number of hydrogen-bond donors (Lipinski definition) is 1. The predicted molar refractivity (Wildman–Crippen MR) is 67.1 cm³/mol. The van der Waals surface area contributed by atoms with E-state index in [1.165, 1.54) is 24.9 Å². The quantitative estimate of drug-likeness (QED) is 0.674. The van der Waals surface area contributed by atoms with E-state index in [1.54, 1.807) is 0 Å². The SMILES string of the molecule is CCC(CC)CNCCc1ccccc1. The van der Waals surface area contributed by atoms with Crippen LogP contribution in [0, 0.1) is 5.92 Å². The second-order valence-electron chi connectivity index (χ2n) is 4.12. The summed E-state index contributed by atoms with van der Waals surface area (Å²) < 4.78 is 0. The Kier molecular flexibility index (Phi) is 6.10. The molecular formula is C14H23N. The lowest BCUT2D eigenvalue weighted by Crippen LogP contribution is -2.24. The van der Waals surface area contributed by atoms with Crippen LogP contribution >= 0.6 is 0 Å². The topological polar surface area (TPSA) is 12.0 Å². The molecule has 0 aliphatic carbocycles. The van der Waals surface area contributed by atoms with Gasteiger partial charge in [0.05, 0.1) is 0 Å². The van der Waals surface area contributed by atoms with E-state index in [-0.39, 0.29) is 0 Å². The van der Waals surface area contributed by atoms with Gasteiger partial charge in [0.1, 0.15) is 0 Å². The minimum atomic E-state index is 0.848. The molecule has 0 saturated heterocycles. The van der Waals surface area contributed by atoms with E-state index in [1.807, 2.05) is 0 Å². The molecule has 0 amide bonds. The molecule has 1 aromatic carbocycles. The zero-order valence-electron chi connectivity index (χ0n) is 10.00. The third-order valence-corrected chi connectivity index (χ3v) is 3.02. The molecule has 0 spiro atoms. The van der Waals surface area contributed by atoms with Gasteiger partial charge < -0.3 is 5.32 Å². The molecule has 1 heteroatoms. The van der Waals surface area contributed by atoms with Gasteiger partial charge in [-0.3, -0.25) is 0 Å². The van der Waals surface area contributed by atoms with Gasteiger partial charge in [0.2, 0.25) is 0 Å². The predicted octanol–water partition coefficient (Wildman–Crippen LogP) is 3.25. The maximum atomic E-state index is 3.54. The first-order valence-electron chi connectivity index (χ1n) is 6.11. The molecule has 0 radical (unpaired) electrons. The first-order chi connectivity index (χ1) is 7.36. The number of hydrogen-bond acceptors (Lipinski definition) is 1. The maximum absolute atomic E-state index is 3.54. The van der Waals surface area contributed by atoms with Crippen LogP contribution in [0.2, 0.25) is 0 Å². The standard InChI is InChI=1S/C14H23N/c1-3-13(4-2)12-15-11-10-14-8-6-5-7-9-14/h5-9,13,15H,3-4,10-12H2,1-2H3. The molecule has 84 valence electrons. The molecule has 0 heterocycles. The van der Waals surface area contributed by atoms with Crippen molar-refractivity contribution < 1.29 is 0 Å². The summed E-state index contributed by atoms with van der Waals surface area (Å²) in [7, 11) is 0. The van der Waals surface area contributed by atoms with Crippen molar-refractivity contribution in [3.63, 3.8) is 0 Å². The van der Waals surface area contributed by atoms with Crippen molar-refractivity contribution >= 4 is 0 Å². The Morgan fingerprint density at radius 1 is 1.07 bits per heavy atom. The van der Waals surface area contributed by atoms with Crippen molar-refractivity contribution in [2.24, 2.45) is 5.92 Å². The van der Waals surface area contributed by atoms with Crippen LogP contribution in [0.5, 0.6) is 0 Å². The lowest BCUT2D eigenvalue weighted by molar-refractivity contribution is 0.452. The van der Waals surface area contributed by atoms with Crippen LogP contribution in [0.1, 0.15) is 32.3 Å². The van der Waals surface area contributed by atoms with E-state index in [2.05, 4.69) is 49.5 Å². The molecule has 0 fully saturated rings. The summed E-state index contributed by atoms with van der Waals surface area (Å²) in [6.45, 7) is 6.81. The van der Waals surface area contributed by atoms with Crippen LogP contribution in [0.4, 0.5) is 0 Å². The minimum Gasteiger partial charge on any atom is -0.316 e. The molecule has 15 heavy (non-hydrogen) atoms. The summed E-state index contributed by atoms with van der Waals surface area (Å²) in [5, 5.41) is 3.54. The fourth-order valence-electron chi connectivity index (χ4n) is 1.76. The number of nitrogens with one attached hydrogen (secondary N) is 1. The van der Waals surface area contributed by atoms with Crippen LogP contribution in [-0.2, 0) is 6.42 Å². The van der Waals surface area contributed by atoms with E-state index in [4.69, 9.17) is 0 Å². The number of benzene rings is 1. The number of rotatable bonds is 7. The zero-order chi connectivity index (χ0) is 10.9. The van der Waals surface area contributed by atoms with Crippen LogP contribution in [0.25, 0.3) is 0 Å². The largest absolute Gasteiger partial charge is 0.316 e. The highest BCUT2D eigenvalue weighted by Gasteiger charge is 2.01. The zero-order valence-corrected chi connectivity index (χ0v) is 10.00. The van der Waals surface area contributed by atoms with Crippen molar-refractivity contribution in [2.45, 2.75) is 33.1 Å². The first kappa shape index (κ1) is 12.3. The van der Waals surface area contributed by atoms with Gasteiger partial charge in [-0.15, -0.1) is 0 Å². The Hall–Kier alpha value is -0.820. The van der Waals surface area contributed by atoms with E-state index in [9.17, 15) is 0 Å². The van der Waals surface area contributed by atoms with Crippen molar-refractivity contribution in [3.05, 3.63) is 35.9 Å². The Balaban J connectivity index is 2.12. The van der Waals surface area contributed by atoms with Gasteiger partial charge in [-0.2, -0.15) is 0 Å². The van der Waals surface area contributed by atoms with E-state index < -0.39 is 0 Å². The minimum absolute atomic E-state index is 0.848. The first-order valence-corrected chi connectivity index (χ1v) is 6.11. The van der Waals surface area contributed by atoms with Crippen molar-refractivity contribution in [1.82, 2.24) is 5.32 Å². The molecule has 0 aliphatic rings. The third kappa shape index (κ3) is 4.98. The molecule has 1 rings (SSSR count). The second kappa shape index (κ2) is 7.47. The summed E-state index contributed by atoms with van der Waals surface area (Å²) in [6.07, 6.45) is 3.71. The molecule has 1 nitrogen and oxygen atoms in total. The van der Waals surface area contributed by atoms with Gasteiger partial charge in [-0.05, 0) is 31.0 Å². The Morgan fingerprint density at radius 3 is 2.33 bits per heavy atom. The highest BCUT2D eigenvalue weighted by molar-refractivity contribution is 5.14. The fourth-order valence-corrected chi connectivity index (χ4v) is 1.76. The molecule has 0 unspecified atom stereocenters. The summed E-state index contributed by atoms with van der Waals surface area (Å²) in [5.74, 6) is 0.848. The smallest absolute Gasteiger partial charge is 0.000824 e. The average Bonchev–Trinajstić information content (AvgIpc) is 2.31. The van der Waals surface area contributed by atoms with Gasteiger partial charge in [-0.1, -0.05) is 57.0 Å². The van der Waals surface area contributed by atoms with E-state index in [0.29, 0.717) is 0 Å². The van der Waals surface area contributed by atoms with Gasteiger partial charge in [0.15, 0.2) is 0 Å². The molecule has 1 N–H and O–H groups in total. The third-order valence-electron chi connectivity index (χ3n) is 3.02. The molecule has 0 aliphatic heterocycles. The van der Waals surface area contributed by atoms with Gasteiger partial charge >= 0.3 is 0 Å². The summed E-state index contributed by atoms with van der Waals surface area (Å²) >= 11 is 0. The highest BCUT2D eigenvalue weighted by atomic mass is 14.8. The van der Waals surface area contributed by atoms with Crippen molar-refractivity contribution in [3.8, 4) is 0 Å². The van der Waals surface area contributed by atoms with Crippen molar-refractivity contribution in [1.29, 1.82) is 0 Å². The normalized spacial score (nSPS) is 10.9. The van der Waals surface area contributed by atoms with Crippen molar-refractivity contribution in [2.75, 3.05) is 13.1 Å². The van der Waals surface area contributed by atoms with E-state index >= 15 is 0 Å².